The summed E-state index contributed by atoms with van der Waals surface area (Å²) in [5.41, 5.74) is 5.25. The van der Waals surface area contributed by atoms with E-state index in [1.54, 1.807) is 0 Å². The number of halogens is 2. The Morgan fingerprint density at radius 3 is 2.70 bits per heavy atom. The molecular weight excluding hydrogens is 351 g/mol. The summed E-state index contributed by atoms with van der Waals surface area (Å²) in [6.45, 7) is 1.59. The third kappa shape index (κ3) is 3.02. The lowest BCUT2D eigenvalue weighted by Gasteiger charge is -2.08. The lowest BCUT2D eigenvalue weighted by atomic mass is 10.3. The lowest BCUT2D eigenvalue weighted by molar-refractivity contribution is 0.479. The maximum Gasteiger partial charge on any atom is 0.265 e. The fraction of sp³-hybridized carbons (Fsp3) is 0.167. The molecule has 0 unspecified atom stereocenters. The number of hydrogen-bond donors (Lipinski definition) is 2. The normalized spacial score (nSPS) is 11.6. The van der Waals surface area contributed by atoms with Crippen molar-refractivity contribution in [2.75, 3.05) is 4.72 Å². The van der Waals surface area contributed by atoms with Gasteiger partial charge in [-0.15, -0.1) is 0 Å². The number of furan rings is 1. The standard InChI is InChI=1S/C12H12BrFN2O3S/c1-7-12(5-9(6-15)19-7)20(17,18)16-11-4-8(13)2-3-10(11)14/h2-5,16H,6,15H2,1H3. The number of rotatable bonds is 4. The van der Waals surface area contributed by atoms with Crippen molar-refractivity contribution in [3.8, 4) is 0 Å². The van der Waals surface area contributed by atoms with E-state index in [2.05, 4.69) is 20.7 Å². The first-order chi connectivity index (χ1) is 9.33. The fourth-order valence-corrected chi connectivity index (χ4v) is 3.29. The largest absolute Gasteiger partial charge is 0.464 e. The van der Waals surface area contributed by atoms with E-state index in [0.29, 0.717) is 10.2 Å². The van der Waals surface area contributed by atoms with Gasteiger partial charge in [0.15, 0.2) is 0 Å². The van der Waals surface area contributed by atoms with Crippen molar-refractivity contribution in [1.82, 2.24) is 0 Å². The molecule has 0 bridgehead atoms. The first kappa shape index (κ1) is 15.0. The first-order valence-electron chi connectivity index (χ1n) is 5.60. The van der Waals surface area contributed by atoms with E-state index in [1.807, 2.05) is 0 Å². The molecule has 0 aliphatic heterocycles. The van der Waals surface area contributed by atoms with Gasteiger partial charge in [-0.3, -0.25) is 4.72 Å². The molecule has 1 heterocycles. The predicted molar refractivity (Wildman–Crippen MR) is 76.2 cm³/mol. The summed E-state index contributed by atoms with van der Waals surface area (Å²) >= 11 is 3.15. The zero-order chi connectivity index (χ0) is 14.9. The number of nitrogens with one attached hydrogen (secondary N) is 1. The van der Waals surface area contributed by atoms with E-state index in [9.17, 15) is 12.8 Å². The van der Waals surface area contributed by atoms with Crippen LogP contribution in [0.25, 0.3) is 0 Å². The second kappa shape index (κ2) is 5.55. The van der Waals surface area contributed by atoms with Gasteiger partial charge in [-0.2, -0.15) is 0 Å². The van der Waals surface area contributed by atoms with Crippen LogP contribution >= 0.6 is 15.9 Å². The number of benzene rings is 1. The molecule has 108 valence electrons. The van der Waals surface area contributed by atoms with Gasteiger partial charge in [0.1, 0.15) is 22.2 Å². The molecule has 0 spiro atoms. The van der Waals surface area contributed by atoms with Crippen LogP contribution in [0, 0.1) is 12.7 Å². The van der Waals surface area contributed by atoms with Crippen LogP contribution in [0.4, 0.5) is 10.1 Å². The molecule has 0 aliphatic carbocycles. The molecular formula is C12H12BrFN2O3S. The van der Waals surface area contributed by atoms with E-state index in [4.69, 9.17) is 10.2 Å². The van der Waals surface area contributed by atoms with E-state index < -0.39 is 15.8 Å². The molecule has 0 amide bonds. The van der Waals surface area contributed by atoms with Crippen molar-refractivity contribution in [2.24, 2.45) is 5.73 Å². The molecule has 3 N–H and O–H groups in total. The second-order valence-electron chi connectivity index (χ2n) is 4.07. The van der Waals surface area contributed by atoms with Crippen molar-refractivity contribution in [1.29, 1.82) is 0 Å². The van der Waals surface area contributed by atoms with Crippen LogP contribution in [-0.2, 0) is 16.6 Å². The van der Waals surface area contributed by atoms with E-state index in [1.165, 1.54) is 25.1 Å². The molecule has 0 fully saturated rings. The van der Waals surface area contributed by atoms with Crippen LogP contribution < -0.4 is 10.5 Å². The van der Waals surface area contributed by atoms with Crippen LogP contribution in [-0.4, -0.2) is 8.42 Å². The third-order valence-corrected chi connectivity index (χ3v) is 4.55. The molecule has 0 atom stereocenters. The highest BCUT2D eigenvalue weighted by Gasteiger charge is 2.22. The molecule has 5 nitrogen and oxygen atoms in total. The molecule has 0 aliphatic rings. The molecule has 2 rings (SSSR count). The summed E-state index contributed by atoms with van der Waals surface area (Å²) in [5, 5.41) is 0. The van der Waals surface area contributed by atoms with E-state index in [0.717, 1.165) is 6.07 Å². The third-order valence-electron chi connectivity index (χ3n) is 2.59. The van der Waals surface area contributed by atoms with Crippen molar-refractivity contribution in [3.05, 3.63) is 46.1 Å². The van der Waals surface area contributed by atoms with Crippen molar-refractivity contribution < 1.29 is 17.2 Å². The SMILES string of the molecule is Cc1oc(CN)cc1S(=O)(=O)Nc1cc(Br)ccc1F. The van der Waals surface area contributed by atoms with Crippen molar-refractivity contribution in [3.63, 3.8) is 0 Å². The summed E-state index contributed by atoms with van der Waals surface area (Å²) in [6, 6.07) is 5.30. The summed E-state index contributed by atoms with van der Waals surface area (Å²) in [5.74, 6) is -0.122. The topological polar surface area (TPSA) is 85.3 Å². The van der Waals surface area contributed by atoms with Gasteiger partial charge in [0, 0.05) is 10.5 Å². The van der Waals surface area contributed by atoms with Gasteiger partial charge in [0.25, 0.3) is 10.0 Å². The minimum atomic E-state index is -3.93. The van der Waals surface area contributed by atoms with Crippen LogP contribution in [0.5, 0.6) is 0 Å². The Morgan fingerprint density at radius 1 is 1.40 bits per heavy atom. The average molecular weight is 363 g/mol. The molecule has 2 aromatic rings. The molecule has 1 aromatic carbocycles. The summed E-state index contributed by atoms with van der Waals surface area (Å²) < 4.78 is 46.0. The molecule has 20 heavy (non-hydrogen) atoms. The predicted octanol–water partition coefficient (Wildman–Crippen LogP) is 2.75. The monoisotopic (exact) mass is 362 g/mol. The van der Waals surface area contributed by atoms with Crippen LogP contribution in [0.15, 0.2) is 38.1 Å². The maximum absolute atomic E-state index is 13.6. The Hall–Kier alpha value is -1.38. The average Bonchev–Trinajstić information content (AvgIpc) is 2.76. The van der Waals surface area contributed by atoms with Crippen molar-refractivity contribution >= 4 is 31.6 Å². The summed E-state index contributed by atoms with van der Waals surface area (Å²) in [4.78, 5) is -0.0580. The van der Waals surface area contributed by atoms with Crippen molar-refractivity contribution in [2.45, 2.75) is 18.4 Å². The maximum atomic E-state index is 13.6. The Labute approximate surface area is 124 Å². The minimum absolute atomic E-state index is 0.0580. The Balaban J connectivity index is 2.40. The number of sulfonamides is 1. The molecule has 1 aromatic heterocycles. The van der Waals surface area contributed by atoms with Gasteiger partial charge < -0.3 is 10.2 Å². The smallest absolute Gasteiger partial charge is 0.265 e. The van der Waals surface area contributed by atoms with Crippen LogP contribution in [0.1, 0.15) is 11.5 Å². The number of hydrogen-bond acceptors (Lipinski definition) is 4. The Kier molecular flexibility index (Phi) is 4.17. The number of anilines is 1. The van der Waals surface area contributed by atoms with Crippen LogP contribution in [0.3, 0.4) is 0 Å². The highest BCUT2D eigenvalue weighted by atomic mass is 79.9. The zero-order valence-corrected chi connectivity index (χ0v) is 12.9. The second-order valence-corrected chi connectivity index (χ2v) is 6.63. The van der Waals surface area contributed by atoms with Gasteiger partial charge in [-0.25, -0.2) is 12.8 Å². The Bertz CT molecular complexity index is 743. The summed E-state index contributed by atoms with van der Waals surface area (Å²) in [6.07, 6.45) is 0. The van der Waals surface area contributed by atoms with Gasteiger partial charge in [-0.05, 0) is 25.1 Å². The lowest BCUT2D eigenvalue weighted by Crippen LogP contribution is -2.14. The first-order valence-corrected chi connectivity index (χ1v) is 7.88. The van der Waals surface area contributed by atoms with E-state index in [-0.39, 0.29) is 22.9 Å². The van der Waals surface area contributed by atoms with Gasteiger partial charge in [0.05, 0.1) is 12.2 Å². The quantitative estimate of drug-likeness (QED) is 0.875. The van der Waals surface area contributed by atoms with Gasteiger partial charge in [0.2, 0.25) is 0 Å². The van der Waals surface area contributed by atoms with E-state index >= 15 is 0 Å². The van der Waals surface area contributed by atoms with Gasteiger partial charge in [-0.1, -0.05) is 15.9 Å². The highest BCUT2D eigenvalue weighted by Crippen LogP contribution is 2.26. The van der Waals surface area contributed by atoms with Gasteiger partial charge >= 0.3 is 0 Å². The molecule has 0 saturated carbocycles. The zero-order valence-electron chi connectivity index (χ0n) is 10.5. The minimum Gasteiger partial charge on any atom is -0.464 e. The highest BCUT2D eigenvalue weighted by molar-refractivity contribution is 9.10. The van der Waals surface area contributed by atoms with Crippen LogP contribution in [0.2, 0.25) is 0 Å². The number of nitrogens with two attached hydrogens (primary N) is 1. The summed E-state index contributed by atoms with van der Waals surface area (Å²) in [7, 11) is -3.93. The molecule has 0 radical (unpaired) electrons. The Morgan fingerprint density at radius 2 is 2.10 bits per heavy atom. The molecule has 8 heteroatoms. The fourth-order valence-electron chi connectivity index (χ4n) is 1.67. The number of aryl methyl sites for hydroxylation is 1. The molecule has 0 saturated heterocycles.